The number of aldehydes is 1. The summed E-state index contributed by atoms with van der Waals surface area (Å²) in [5, 5.41) is 9.67. The van der Waals surface area contributed by atoms with Crippen LogP contribution in [0.2, 0.25) is 0 Å². The smallest absolute Gasteiger partial charge is 0.146 e. The molecule has 1 unspecified atom stereocenters. The van der Waals surface area contributed by atoms with Crippen molar-refractivity contribution in [1.82, 2.24) is 15.3 Å². The first kappa shape index (κ1) is 21.9. The molecule has 3 aromatic rings. The molecule has 2 aliphatic rings. The fourth-order valence-electron chi connectivity index (χ4n) is 4.41. The van der Waals surface area contributed by atoms with E-state index in [4.69, 9.17) is 9.72 Å². The van der Waals surface area contributed by atoms with E-state index in [0.29, 0.717) is 5.82 Å². The number of pyridine rings is 2. The Morgan fingerprint density at radius 1 is 1.15 bits per heavy atom. The van der Waals surface area contributed by atoms with Gasteiger partial charge in [-0.1, -0.05) is 0 Å². The maximum Gasteiger partial charge on any atom is 0.146 e. The number of nitrogens with one attached hydrogen (secondary N) is 3. The lowest BCUT2D eigenvalue weighted by Gasteiger charge is -2.29. The van der Waals surface area contributed by atoms with Gasteiger partial charge < -0.3 is 30.4 Å². The van der Waals surface area contributed by atoms with Crippen LogP contribution in [0.15, 0.2) is 48.8 Å². The molecule has 34 heavy (non-hydrogen) atoms. The summed E-state index contributed by atoms with van der Waals surface area (Å²) in [5.74, 6) is 1.49. The summed E-state index contributed by atoms with van der Waals surface area (Å²) >= 11 is 0. The Morgan fingerprint density at radius 2 is 1.94 bits per heavy atom. The average molecular weight is 457 g/mol. The van der Waals surface area contributed by atoms with Crippen molar-refractivity contribution in [3.05, 3.63) is 65.5 Å². The van der Waals surface area contributed by atoms with Gasteiger partial charge in [-0.3, -0.25) is 0 Å². The van der Waals surface area contributed by atoms with Crippen molar-refractivity contribution in [2.24, 2.45) is 0 Å². The van der Waals surface area contributed by atoms with Crippen LogP contribution in [0, 0.1) is 6.92 Å². The van der Waals surface area contributed by atoms with Crippen molar-refractivity contribution in [2.45, 2.75) is 13.0 Å². The lowest BCUT2D eigenvalue weighted by atomic mass is 9.97. The summed E-state index contributed by atoms with van der Waals surface area (Å²) in [6.07, 6.45) is 6.50. The Bertz CT molecular complexity index is 1220. The number of hydrogen-bond acceptors (Lipinski definition) is 8. The number of ether oxygens (including phenoxy) is 1. The van der Waals surface area contributed by atoms with E-state index in [1.54, 1.807) is 6.20 Å². The van der Waals surface area contributed by atoms with Crippen LogP contribution >= 0.6 is 0 Å². The molecule has 0 bridgehead atoms. The van der Waals surface area contributed by atoms with Gasteiger partial charge in [0.05, 0.1) is 18.9 Å². The summed E-state index contributed by atoms with van der Waals surface area (Å²) in [6.45, 7) is 5.30. The Hall–Kier alpha value is -3.91. The van der Waals surface area contributed by atoms with Crippen LogP contribution in [0.25, 0.3) is 17.3 Å². The summed E-state index contributed by atoms with van der Waals surface area (Å²) in [5.41, 5.74) is 6.59. The summed E-state index contributed by atoms with van der Waals surface area (Å²) in [7, 11) is 1.86. The number of hydrogen-bond donors (Lipinski definition) is 3. The summed E-state index contributed by atoms with van der Waals surface area (Å²) in [4.78, 5) is 23.6. The number of fused-ring (bicyclic) bond motifs is 1. The fourth-order valence-corrected chi connectivity index (χ4v) is 4.41. The van der Waals surface area contributed by atoms with E-state index < -0.39 is 6.04 Å². The maximum absolute atomic E-state index is 11.8. The molecule has 0 radical (unpaired) electrons. The van der Waals surface area contributed by atoms with E-state index in [1.165, 1.54) is 5.69 Å². The highest BCUT2D eigenvalue weighted by Crippen LogP contribution is 2.34. The van der Waals surface area contributed by atoms with Crippen LogP contribution in [0.5, 0.6) is 0 Å². The minimum absolute atomic E-state index is 0.469. The third-order valence-electron chi connectivity index (χ3n) is 6.19. The first-order chi connectivity index (χ1) is 16.7. The molecule has 1 fully saturated rings. The van der Waals surface area contributed by atoms with Crippen LogP contribution in [-0.2, 0) is 9.53 Å². The molecule has 8 heteroatoms. The van der Waals surface area contributed by atoms with Crippen molar-refractivity contribution in [1.29, 1.82) is 0 Å². The highest BCUT2D eigenvalue weighted by molar-refractivity contribution is 5.80. The molecule has 0 amide bonds. The van der Waals surface area contributed by atoms with Gasteiger partial charge in [0.15, 0.2) is 0 Å². The number of carbonyl (C=O) groups excluding carboxylic acids is 1. The maximum atomic E-state index is 11.8. The third-order valence-corrected chi connectivity index (χ3v) is 6.19. The van der Waals surface area contributed by atoms with Crippen LogP contribution < -0.4 is 20.9 Å². The second kappa shape index (κ2) is 9.52. The number of aromatic nitrogens is 2. The molecule has 1 saturated heterocycles. The zero-order chi connectivity index (χ0) is 23.5. The third kappa shape index (κ3) is 4.32. The minimum Gasteiger partial charge on any atom is -0.378 e. The first-order valence-corrected chi connectivity index (χ1v) is 11.4. The molecule has 0 aliphatic carbocycles. The largest absolute Gasteiger partial charge is 0.378 e. The van der Waals surface area contributed by atoms with Gasteiger partial charge in [0.2, 0.25) is 0 Å². The number of aryl methyl sites for hydroxylation is 1. The number of carbonyl (C=O) groups is 1. The van der Waals surface area contributed by atoms with Gasteiger partial charge in [0.25, 0.3) is 0 Å². The van der Waals surface area contributed by atoms with Crippen LogP contribution in [0.4, 0.5) is 23.0 Å². The lowest BCUT2D eigenvalue weighted by molar-refractivity contribution is -0.109. The molecule has 4 heterocycles. The van der Waals surface area contributed by atoms with Crippen molar-refractivity contribution in [3.8, 4) is 11.3 Å². The van der Waals surface area contributed by atoms with E-state index in [0.717, 1.165) is 72.0 Å². The molecule has 2 aliphatic heterocycles. The fraction of sp³-hybridized carbons (Fsp3) is 0.269. The van der Waals surface area contributed by atoms with Gasteiger partial charge in [-0.05, 0) is 66.7 Å². The molecule has 0 saturated carbocycles. The van der Waals surface area contributed by atoms with E-state index in [9.17, 15) is 4.79 Å². The van der Waals surface area contributed by atoms with Crippen molar-refractivity contribution in [3.63, 3.8) is 0 Å². The zero-order valence-corrected chi connectivity index (χ0v) is 19.3. The van der Waals surface area contributed by atoms with Gasteiger partial charge in [-0.2, -0.15) is 0 Å². The minimum atomic E-state index is -0.469. The predicted molar refractivity (Wildman–Crippen MR) is 135 cm³/mol. The highest BCUT2D eigenvalue weighted by Gasteiger charge is 2.23. The van der Waals surface area contributed by atoms with E-state index in [1.807, 2.05) is 44.4 Å². The highest BCUT2D eigenvalue weighted by atomic mass is 16.5. The number of anilines is 4. The number of rotatable bonds is 6. The molecular weight excluding hydrogens is 428 g/mol. The van der Waals surface area contributed by atoms with Crippen molar-refractivity contribution in [2.75, 3.05) is 48.9 Å². The molecule has 2 aromatic heterocycles. The summed E-state index contributed by atoms with van der Waals surface area (Å²) in [6, 6.07) is 11.9. The quantitative estimate of drug-likeness (QED) is 0.482. The number of benzene rings is 1. The molecule has 174 valence electrons. The van der Waals surface area contributed by atoms with E-state index >= 15 is 0 Å². The molecule has 5 rings (SSSR count). The van der Waals surface area contributed by atoms with E-state index in [2.05, 4.69) is 44.0 Å². The van der Waals surface area contributed by atoms with Gasteiger partial charge in [-0.25, -0.2) is 9.97 Å². The Labute approximate surface area is 199 Å². The molecule has 1 aromatic carbocycles. The monoisotopic (exact) mass is 456 g/mol. The first-order valence-electron chi connectivity index (χ1n) is 11.4. The van der Waals surface area contributed by atoms with E-state index in [-0.39, 0.29) is 0 Å². The van der Waals surface area contributed by atoms with Gasteiger partial charge in [0.1, 0.15) is 24.0 Å². The second-order valence-corrected chi connectivity index (χ2v) is 8.38. The zero-order valence-electron chi connectivity index (χ0n) is 19.3. The summed E-state index contributed by atoms with van der Waals surface area (Å²) < 4.78 is 5.46. The second-order valence-electron chi connectivity index (χ2n) is 8.38. The molecule has 0 spiro atoms. The normalized spacial score (nSPS) is 17.0. The van der Waals surface area contributed by atoms with Crippen LogP contribution in [-0.4, -0.2) is 49.6 Å². The lowest BCUT2D eigenvalue weighted by Crippen LogP contribution is -2.36. The predicted octanol–water partition coefficient (Wildman–Crippen LogP) is 3.89. The van der Waals surface area contributed by atoms with Gasteiger partial charge >= 0.3 is 0 Å². The molecule has 8 nitrogen and oxygen atoms in total. The SMILES string of the molecule is CNc1ncc(-c2cc3c(c(Nc4ccc(N5CCOCC5)cc4)n2)C(C=O)NC=C3)cc1C. The topological polar surface area (TPSA) is 91.4 Å². The molecular formula is C26H28N6O2. The Kier molecular flexibility index (Phi) is 6.14. The Balaban J connectivity index is 1.51. The van der Waals surface area contributed by atoms with Gasteiger partial charge in [0, 0.05) is 48.8 Å². The molecule has 3 N–H and O–H groups in total. The number of morpholine rings is 1. The van der Waals surface area contributed by atoms with Crippen LogP contribution in [0.1, 0.15) is 22.7 Å². The average Bonchev–Trinajstić information content (AvgIpc) is 2.89. The van der Waals surface area contributed by atoms with Crippen LogP contribution in [0.3, 0.4) is 0 Å². The van der Waals surface area contributed by atoms with Crippen molar-refractivity contribution < 1.29 is 9.53 Å². The standard InChI is InChI=1S/C26H28N6O2/c1-17-13-19(15-29-25(17)27-2)22-14-18-7-8-28-23(16-33)24(18)26(31-22)30-20-3-5-21(6-4-20)32-9-11-34-12-10-32/h3-8,13-16,23,28H,9-12H2,1-2H3,(H,27,29)(H,30,31). The Morgan fingerprint density at radius 3 is 2.65 bits per heavy atom. The van der Waals surface area contributed by atoms with Crippen molar-refractivity contribution >= 4 is 35.4 Å². The van der Waals surface area contributed by atoms with Gasteiger partial charge in [-0.15, -0.1) is 0 Å². The molecule has 1 atom stereocenters. The number of nitrogens with zero attached hydrogens (tertiary/aromatic N) is 3.